The van der Waals surface area contributed by atoms with Crippen LogP contribution in [0.1, 0.15) is 27.2 Å². The normalized spacial score (nSPS) is 13.0. The lowest BCUT2D eigenvalue weighted by Crippen LogP contribution is -2.48. The van der Waals surface area contributed by atoms with Crippen molar-refractivity contribution < 1.29 is 27.5 Å². The third-order valence-electron chi connectivity index (χ3n) is 6.58. The van der Waals surface area contributed by atoms with Gasteiger partial charge in [0, 0.05) is 67.0 Å². The second kappa shape index (κ2) is 11.7. The van der Waals surface area contributed by atoms with Crippen LogP contribution in [-0.4, -0.2) is 47.6 Å². The zero-order chi connectivity index (χ0) is 29.9. The molecule has 0 bridgehead atoms. The maximum Gasteiger partial charge on any atom is 0.416 e. The van der Waals surface area contributed by atoms with Crippen molar-refractivity contribution in [3.8, 4) is 5.75 Å². The molecule has 5 rings (SSSR count). The molecule has 0 saturated carbocycles. The Morgan fingerprint density at radius 2 is 1.90 bits per heavy atom. The van der Waals surface area contributed by atoms with E-state index in [0.29, 0.717) is 35.2 Å². The summed E-state index contributed by atoms with van der Waals surface area (Å²) >= 11 is 0. The van der Waals surface area contributed by atoms with Crippen LogP contribution in [0.3, 0.4) is 0 Å². The Morgan fingerprint density at radius 1 is 1.07 bits per heavy atom. The maximum absolute atomic E-state index is 13.9. The molecule has 1 aliphatic heterocycles. The summed E-state index contributed by atoms with van der Waals surface area (Å²) in [5.41, 5.74) is 1.00. The van der Waals surface area contributed by atoms with Crippen LogP contribution < -0.4 is 25.2 Å². The molecule has 2 N–H and O–H groups in total. The van der Waals surface area contributed by atoms with E-state index in [1.807, 2.05) is 18.2 Å². The summed E-state index contributed by atoms with van der Waals surface area (Å²) in [6.07, 6.45) is -0.808. The number of carbonyl (C=O) groups excluding carboxylic acids is 2. The van der Waals surface area contributed by atoms with Crippen LogP contribution in [0.4, 0.5) is 41.1 Å². The SMILES string of the molecule is CNc1ncc2c(n1)N(CCc1ccccn1)C(=O)N(c1cc(NC(=O)c3cccc(C(F)(F)F)c3)cc(OC)c1)C2. The molecular formula is C29H26F3N7O3. The molecule has 0 atom stereocenters. The first-order valence-corrected chi connectivity index (χ1v) is 12.9. The molecule has 3 heterocycles. The number of carbonyl (C=O) groups is 2. The summed E-state index contributed by atoms with van der Waals surface area (Å²) < 4.78 is 44.9. The zero-order valence-corrected chi connectivity index (χ0v) is 22.6. The highest BCUT2D eigenvalue weighted by molar-refractivity contribution is 6.07. The molecule has 4 aromatic rings. The lowest BCUT2D eigenvalue weighted by Gasteiger charge is -2.36. The van der Waals surface area contributed by atoms with Gasteiger partial charge in [-0.05, 0) is 36.4 Å². The smallest absolute Gasteiger partial charge is 0.416 e. The summed E-state index contributed by atoms with van der Waals surface area (Å²) in [5, 5.41) is 5.51. The van der Waals surface area contributed by atoms with Crippen molar-refractivity contribution in [3.05, 3.63) is 95.4 Å². The molecule has 1 aliphatic rings. The third kappa shape index (κ3) is 6.09. The van der Waals surface area contributed by atoms with Gasteiger partial charge < -0.3 is 15.4 Å². The topological polar surface area (TPSA) is 113 Å². The van der Waals surface area contributed by atoms with Gasteiger partial charge in [-0.3, -0.25) is 19.6 Å². The first-order valence-electron chi connectivity index (χ1n) is 12.9. The molecule has 0 spiro atoms. The number of alkyl halides is 3. The van der Waals surface area contributed by atoms with Crippen LogP contribution >= 0.6 is 0 Å². The Hall–Kier alpha value is -5.20. The predicted octanol–water partition coefficient (Wildman–Crippen LogP) is 5.38. The Kier molecular flexibility index (Phi) is 7.91. The molecule has 2 aromatic heterocycles. The number of anilines is 4. The molecule has 0 fully saturated rings. The van der Waals surface area contributed by atoms with E-state index in [9.17, 15) is 22.8 Å². The van der Waals surface area contributed by atoms with Crippen LogP contribution in [0.5, 0.6) is 5.75 Å². The standard InChI is InChI=1S/C29H26F3N7O3/c1-33-27-35-16-19-17-39(28(41)38(25(19)37-27)11-9-21-8-3-4-10-34-21)23-13-22(14-24(15-23)42-2)36-26(40)18-6-5-7-20(12-18)29(30,31)32/h3-8,10,12-16H,9,11,17H2,1-2H3,(H,36,40)(H,33,35,37). The molecule has 0 radical (unpaired) electrons. The number of hydrogen-bond donors (Lipinski definition) is 2. The minimum Gasteiger partial charge on any atom is -0.497 e. The monoisotopic (exact) mass is 577 g/mol. The van der Waals surface area contributed by atoms with Crippen LogP contribution in [-0.2, 0) is 19.1 Å². The number of pyridine rings is 1. The maximum atomic E-state index is 13.9. The number of methoxy groups -OCH3 is 1. The molecule has 42 heavy (non-hydrogen) atoms. The van der Waals surface area contributed by atoms with Crippen molar-refractivity contribution in [2.24, 2.45) is 0 Å². The lowest BCUT2D eigenvalue weighted by atomic mass is 10.1. The second-order valence-electron chi connectivity index (χ2n) is 9.34. The fourth-order valence-electron chi connectivity index (χ4n) is 4.48. The number of benzene rings is 2. The lowest BCUT2D eigenvalue weighted by molar-refractivity contribution is -0.137. The Bertz CT molecular complexity index is 1620. The minimum absolute atomic E-state index is 0.131. The van der Waals surface area contributed by atoms with Crippen molar-refractivity contribution in [1.29, 1.82) is 0 Å². The first kappa shape index (κ1) is 28.3. The molecule has 13 heteroatoms. The molecule has 0 saturated heterocycles. The van der Waals surface area contributed by atoms with Crippen molar-refractivity contribution >= 4 is 35.1 Å². The van der Waals surface area contributed by atoms with Gasteiger partial charge in [0.05, 0.1) is 24.9 Å². The highest BCUT2D eigenvalue weighted by Gasteiger charge is 2.34. The molecule has 216 valence electrons. The van der Waals surface area contributed by atoms with Gasteiger partial charge in [-0.2, -0.15) is 18.2 Å². The predicted molar refractivity (Wildman–Crippen MR) is 151 cm³/mol. The van der Waals surface area contributed by atoms with E-state index in [4.69, 9.17) is 4.74 Å². The quantitative estimate of drug-likeness (QED) is 0.289. The third-order valence-corrected chi connectivity index (χ3v) is 6.58. The van der Waals surface area contributed by atoms with Crippen molar-refractivity contribution in [2.75, 3.05) is 41.1 Å². The van der Waals surface area contributed by atoms with E-state index in [1.54, 1.807) is 31.6 Å². The number of halogens is 3. The second-order valence-corrected chi connectivity index (χ2v) is 9.34. The first-order chi connectivity index (χ1) is 20.2. The number of amides is 3. The number of aromatic nitrogens is 3. The van der Waals surface area contributed by atoms with Crippen LogP contribution in [0.25, 0.3) is 0 Å². The Morgan fingerprint density at radius 3 is 2.62 bits per heavy atom. The van der Waals surface area contributed by atoms with Crippen LogP contribution in [0.2, 0.25) is 0 Å². The van der Waals surface area contributed by atoms with Gasteiger partial charge in [0.25, 0.3) is 5.91 Å². The highest BCUT2D eigenvalue weighted by Crippen LogP contribution is 2.35. The van der Waals surface area contributed by atoms with E-state index in [1.165, 1.54) is 35.1 Å². The largest absolute Gasteiger partial charge is 0.497 e. The van der Waals surface area contributed by atoms with E-state index >= 15 is 0 Å². The average Bonchev–Trinajstić information content (AvgIpc) is 3.00. The summed E-state index contributed by atoms with van der Waals surface area (Å²) in [7, 11) is 3.11. The van der Waals surface area contributed by atoms with Gasteiger partial charge in [0.1, 0.15) is 11.6 Å². The number of urea groups is 1. The fourth-order valence-corrected chi connectivity index (χ4v) is 4.48. The number of hydrogen-bond acceptors (Lipinski definition) is 7. The number of ether oxygens (including phenoxy) is 1. The minimum atomic E-state index is -4.59. The zero-order valence-electron chi connectivity index (χ0n) is 22.6. The summed E-state index contributed by atoms with van der Waals surface area (Å²) in [6.45, 7) is 0.412. The van der Waals surface area contributed by atoms with E-state index in [0.717, 1.165) is 17.8 Å². The number of nitrogens with one attached hydrogen (secondary N) is 2. The number of rotatable bonds is 8. The molecule has 0 aliphatic carbocycles. The van der Waals surface area contributed by atoms with Gasteiger partial charge in [-0.1, -0.05) is 12.1 Å². The number of nitrogens with zero attached hydrogens (tertiary/aromatic N) is 5. The van der Waals surface area contributed by atoms with Crippen molar-refractivity contribution in [2.45, 2.75) is 19.1 Å². The molecule has 2 aromatic carbocycles. The van der Waals surface area contributed by atoms with Crippen molar-refractivity contribution in [1.82, 2.24) is 15.0 Å². The van der Waals surface area contributed by atoms with Gasteiger partial charge in [-0.15, -0.1) is 0 Å². The highest BCUT2D eigenvalue weighted by atomic mass is 19.4. The van der Waals surface area contributed by atoms with E-state index in [-0.39, 0.29) is 30.4 Å². The van der Waals surface area contributed by atoms with E-state index < -0.39 is 17.6 Å². The van der Waals surface area contributed by atoms with Crippen LogP contribution in [0.15, 0.2) is 73.1 Å². The Labute approximate surface area is 239 Å². The van der Waals surface area contributed by atoms with Gasteiger partial charge in [0.15, 0.2) is 0 Å². The molecule has 10 nitrogen and oxygen atoms in total. The summed E-state index contributed by atoms with van der Waals surface area (Å²) in [6, 6.07) is 14.0. The van der Waals surface area contributed by atoms with Gasteiger partial charge in [0.2, 0.25) is 5.95 Å². The fraction of sp³-hybridized carbons (Fsp3) is 0.207. The molecule has 3 amide bonds. The van der Waals surface area contributed by atoms with E-state index in [2.05, 4.69) is 25.6 Å². The Balaban J connectivity index is 1.46. The summed E-state index contributed by atoms with van der Waals surface area (Å²) in [5.74, 6) is 0.402. The van der Waals surface area contributed by atoms with Crippen molar-refractivity contribution in [3.63, 3.8) is 0 Å². The van der Waals surface area contributed by atoms with Gasteiger partial charge >= 0.3 is 12.2 Å². The van der Waals surface area contributed by atoms with Crippen LogP contribution in [0, 0.1) is 0 Å². The average molecular weight is 578 g/mol. The summed E-state index contributed by atoms with van der Waals surface area (Å²) in [4.78, 5) is 43.0. The molecule has 0 unspecified atom stereocenters. The number of fused-ring (bicyclic) bond motifs is 1. The van der Waals surface area contributed by atoms with Gasteiger partial charge in [-0.25, -0.2) is 9.78 Å². The molecular weight excluding hydrogens is 551 g/mol.